The summed E-state index contributed by atoms with van der Waals surface area (Å²) in [6.45, 7) is 25.8. The first kappa shape index (κ1) is 21.6. The molecule has 0 atom stereocenters. The number of hydrogen-bond donors (Lipinski definition) is 2. The zero-order valence-electron chi connectivity index (χ0n) is 17.7. The Morgan fingerprint density at radius 1 is 0.708 bits per heavy atom. The minimum absolute atomic E-state index is 0.370. The molecule has 0 aromatic heterocycles. The molecule has 0 unspecified atom stereocenters. The van der Waals surface area contributed by atoms with Crippen LogP contribution in [0.3, 0.4) is 0 Å². The van der Waals surface area contributed by atoms with E-state index in [-0.39, 0.29) is 0 Å². The van der Waals surface area contributed by atoms with Crippen LogP contribution in [0, 0.1) is 0 Å². The molecule has 0 bridgehead atoms. The molecule has 138 valence electrons. The van der Waals surface area contributed by atoms with Crippen molar-refractivity contribution in [3.63, 3.8) is 0 Å². The van der Waals surface area contributed by atoms with E-state index in [1.165, 1.54) is 11.1 Å². The fourth-order valence-corrected chi connectivity index (χ4v) is 4.38. The van der Waals surface area contributed by atoms with E-state index >= 15 is 0 Å². The molecule has 1 aromatic carbocycles. The summed E-state index contributed by atoms with van der Waals surface area (Å²) in [5.74, 6) is 0. The molecular weight excluding hydrogens is 324 g/mol. The molecule has 0 heterocycles. The highest BCUT2D eigenvalue weighted by Gasteiger charge is 2.35. The minimum Gasteiger partial charge on any atom is -0.333 e. The fraction of sp³-hybridized carbons (Fsp3) is 0.700. The van der Waals surface area contributed by atoms with E-state index in [4.69, 9.17) is 0 Å². The molecule has 0 spiro atoms. The molecule has 4 heteroatoms. The van der Waals surface area contributed by atoms with Gasteiger partial charge in [0.2, 0.25) is 0 Å². The summed E-state index contributed by atoms with van der Waals surface area (Å²) in [4.78, 5) is 7.73. The van der Waals surface area contributed by atoms with Crippen LogP contribution in [0.25, 0.3) is 0 Å². The highest BCUT2D eigenvalue weighted by Crippen LogP contribution is 2.34. The van der Waals surface area contributed by atoms with Crippen molar-refractivity contribution in [2.75, 3.05) is 0 Å². The fourth-order valence-electron chi connectivity index (χ4n) is 2.03. The van der Waals surface area contributed by atoms with Gasteiger partial charge in [-0.1, -0.05) is 92.0 Å². The summed E-state index contributed by atoms with van der Waals surface area (Å²) in [5.41, 5.74) is 2.80. The van der Waals surface area contributed by atoms with Gasteiger partial charge in [0.15, 0.2) is 0 Å². The second-order valence-corrected chi connectivity index (χ2v) is 20.5. The van der Waals surface area contributed by atoms with Crippen molar-refractivity contribution in [2.45, 2.75) is 90.9 Å². The molecule has 1 rings (SSSR count). The van der Waals surface area contributed by atoms with Crippen LogP contribution in [-0.4, -0.2) is 16.5 Å². The Balaban J connectivity index is 2.72. The maximum Gasteiger partial charge on any atom is 0.125 e. The summed E-state index contributed by atoms with van der Waals surface area (Å²) in [5, 5.41) is 0.739. The predicted octanol–water partition coefficient (Wildman–Crippen LogP) is 5.88. The molecule has 0 aliphatic heterocycles. The maximum atomic E-state index is 3.87. The summed E-state index contributed by atoms with van der Waals surface area (Å²) >= 11 is 0. The molecule has 24 heavy (non-hydrogen) atoms. The van der Waals surface area contributed by atoms with Crippen LogP contribution in [-0.2, 0) is 13.1 Å². The number of rotatable bonds is 6. The second-order valence-electron chi connectivity index (χ2n) is 10.3. The van der Waals surface area contributed by atoms with Crippen LogP contribution < -0.4 is 9.96 Å². The molecule has 0 fully saturated rings. The lowest BCUT2D eigenvalue weighted by molar-refractivity contribution is 0.681. The lowest BCUT2D eigenvalue weighted by atomic mass is 10.1. The third-order valence-corrected chi connectivity index (χ3v) is 15.8. The monoisotopic (exact) mass is 364 g/mol. The van der Waals surface area contributed by atoms with Gasteiger partial charge in [0.05, 0.1) is 0 Å². The van der Waals surface area contributed by atoms with Crippen LogP contribution in [0.4, 0.5) is 0 Å². The molecule has 1 aromatic rings. The predicted molar refractivity (Wildman–Crippen MR) is 115 cm³/mol. The zero-order valence-corrected chi connectivity index (χ0v) is 19.7. The van der Waals surface area contributed by atoms with Gasteiger partial charge in [-0.05, 0) is 21.2 Å². The third kappa shape index (κ3) is 5.83. The summed E-state index contributed by atoms with van der Waals surface area (Å²) in [6, 6.07) is 9.05. The van der Waals surface area contributed by atoms with Gasteiger partial charge in [0, 0.05) is 13.1 Å². The first-order valence-corrected chi connectivity index (χ1v) is 15.2. The quantitative estimate of drug-likeness (QED) is 0.616. The summed E-state index contributed by atoms with van der Waals surface area (Å²) in [6.07, 6.45) is 0. The van der Waals surface area contributed by atoms with Crippen molar-refractivity contribution < 1.29 is 0 Å². The Bertz CT molecular complexity index is 492. The highest BCUT2D eigenvalue weighted by atomic mass is 28.3. The molecule has 2 nitrogen and oxygen atoms in total. The van der Waals surface area contributed by atoms with Crippen molar-refractivity contribution in [3.05, 3.63) is 35.4 Å². The second kappa shape index (κ2) is 7.44. The average molecular weight is 365 g/mol. The van der Waals surface area contributed by atoms with E-state index in [1.807, 2.05) is 0 Å². The van der Waals surface area contributed by atoms with Gasteiger partial charge in [0.1, 0.15) is 16.5 Å². The lowest BCUT2D eigenvalue weighted by Gasteiger charge is -2.38. The smallest absolute Gasteiger partial charge is 0.125 e. The van der Waals surface area contributed by atoms with Crippen LogP contribution in [0.15, 0.2) is 24.3 Å². The molecule has 0 saturated carbocycles. The van der Waals surface area contributed by atoms with E-state index in [9.17, 15) is 0 Å². The molecule has 0 amide bonds. The van der Waals surface area contributed by atoms with Crippen molar-refractivity contribution in [3.8, 4) is 0 Å². The first-order valence-electron chi connectivity index (χ1n) is 9.24. The van der Waals surface area contributed by atoms with Gasteiger partial charge < -0.3 is 9.96 Å². The Hall–Kier alpha value is -0.426. The average Bonchev–Trinajstić information content (AvgIpc) is 2.41. The van der Waals surface area contributed by atoms with Crippen molar-refractivity contribution in [1.29, 1.82) is 0 Å². The van der Waals surface area contributed by atoms with Gasteiger partial charge in [-0.3, -0.25) is 0 Å². The van der Waals surface area contributed by atoms with Gasteiger partial charge in [-0.15, -0.1) is 0 Å². The van der Waals surface area contributed by atoms with Crippen molar-refractivity contribution in [1.82, 2.24) is 9.96 Å². The largest absolute Gasteiger partial charge is 0.333 e. The zero-order chi connectivity index (χ0) is 18.8. The minimum atomic E-state index is -1.44. The van der Waals surface area contributed by atoms with Gasteiger partial charge in [0.25, 0.3) is 0 Å². The van der Waals surface area contributed by atoms with Gasteiger partial charge in [-0.2, -0.15) is 0 Å². The van der Waals surface area contributed by atoms with Gasteiger partial charge >= 0.3 is 0 Å². The van der Waals surface area contributed by atoms with Crippen LogP contribution in [0.1, 0.15) is 52.7 Å². The number of nitrogens with one attached hydrogen (secondary N) is 2. The van der Waals surface area contributed by atoms with Crippen molar-refractivity contribution >= 4 is 16.5 Å². The number of benzene rings is 1. The Morgan fingerprint density at radius 3 is 1.33 bits per heavy atom. The summed E-state index contributed by atoms with van der Waals surface area (Å²) < 4.78 is 0. The molecule has 0 radical (unpaired) electrons. The number of hydrogen-bond acceptors (Lipinski definition) is 2. The van der Waals surface area contributed by atoms with E-state index in [0.717, 1.165) is 13.1 Å². The Morgan fingerprint density at radius 2 is 1.04 bits per heavy atom. The molecule has 0 aliphatic rings. The Kier molecular flexibility index (Phi) is 6.70. The molecule has 0 aliphatic carbocycles. The van der Waals surface area contributed by atoms with E-state index in [1.54, 1.807) is 0 Å². The van der Waals surface area contributed by atoms with Crippen LogP contribution in [0.5, 0.6) is 0 Å². The van der Waals surface area contributed by atoms with Gasteiger partial charge in [-0.25, -0.2) is 0 Å². The lowest BCUT2D eigenvalue weighted by Crippen LogP contribution is -2.51. The Labute approximate surface area is 153 Å². The van der Waals surface area contributed by atoms with E-state index < -0.39 is 16.5 Å². The first-order chi connectivity index (χ1) is 10.7. The highest BCUT2D eigenvalue weighted by molar-refractivity contribution is 6.78. The standard InChI is InChI=1S/C20H40N2Si2/c1-19(2,3)23(7,8)21-15-17-12-11-13-18(14-17)16-22-24(9,10)20(4,5)6/h11-14,21-22H,15-16H2,1-10H3. The normalized spacial score (nSPS) is 14.1. The van der Waals surface area contributed by atoms with Crippen LogP contribution in [0.2, 0.25) is 36.3 Å². The maximum absolute atomic E-state index is 3.87. The van der Waals surface area contributed by atoms with Crippen LogP contribution >= 0.6 is 0 Å². The molecular formula is C20H40N2Si2. The molecule has 0 saturated heterocycles. The molecule has 2 N–H and O–H groups in total. The van der Waals surface area contributed by atoms with E-state index in [0.29, 0.717) is 10.1 Å². The van der Waals surface area contributed by atoms with Crippen molar-refractivity contribution in [2.24, 2.45) is 0 Å². The topological polar surface area (TPSA) is 24.1 Å². The SMILES string of the molecule is CC(C)(C)[Si](C)(C)NCc1cccc(CN[Si](C)(C)C(C)(C)C)c1. The third-order valence-electron chi connectivity index (χ3n) is 6.21. The summed E-state index contributed by atoms with van der Waals surface area (Å²) in [7, 11) is -2.87. The van der Waals surface area contributed by atoms with E-state index in [2.05, 4.69) is 102 Å².